The van der Waals surface area contributed by atoms with Gasteiger partial charge in [-0.3, -0.25) is 0 Å². The smallest absolute Gasteiger partial charge is 0.106 e. The molecule has 0 amide bonds. The Morgan fingerprint density at radius 3 is 2.36 bits per heavy atom. The Morgan fingerprint density at radius 1 is 1.09 bits per heavy atom. The normalized spacial score (nSPS) is 21.3. The third kappa shape index (κ3) is 13.4. The Labute approximate surface area is 134 Å². The Bertz CT molecular complexity index is 209. The largest absolute Gasteiger partial charge is 0.394 e. The molecule has 0 aromatic rings. The van der Waals surface area contributed by atoms with Crippen molar-refractivity contribution < 1.29 is 24.4 Å². The first-order valence-corrected chi connectivity index (χ1v) is 8.52. The van der Waals surface area contributed by atoms with Gasteiger partial charge in [0.2, 0.25) is 0 Å². The summed E-state index contributed by atoms with van der Waals surface area (Å²) in [6.45, 7) is 6.28. The van der Waals surface area contributed by atoms with Crippen molar-refractivity contribution in [2.24, 2.45) is 5.73 Å². The number of nitrogens with two attached hydrogens (primary N) is 1. The van der Waals surface area contributed by atoms with Gasteiger partial charge in [-0.2, -0.15) is 0 Å². The van der Waals surface area contributed by atoms with Crippen LogP contribution in [0, 0.1) is 0 Å². The molecule has 0 aromatic heterocycles. The summed E-state index contributed by atoms with van der Waals surface area (Å²) in [5.41, 5.74) is 5.26. The van der Waals surface area contributed by atoms with E-state index in [-0.39, 0.29) is 12.7 Å². The van der Waals surface area contributed by atoms with E-state index in [0.717, 1.165) is 19.4 Å². The summed E-state index contributed by atoms with van der Waals surface area (Å²) in [4.78, 5) is 0. The van der Waals surface area contributed by atoms with Gasteiger partial charge in [-0.15, -0.1) is 0 Å². The van der Waals surface area contributed by atoms with Gasteiger partial charge >= 0.3 is 0 Å². The summed E-state index contributed by atoms with van der Waals surface area (Å²) in [6, 6.07) is 0. The lowest BCUT2D eigenvalue weighted by molar-refractivity contribution is -0.0942. The number of hydrogen-bond donors (Lipinski definition) is 3. The van der Waals surface area contributed by atoms with Crippen molar-refractivity contribution in [3.05, 3.63) is 0 Å². The van der Waals surface area contributed by atoms with E-state index in [1.807, 2.05) is 0 Å². The van der Waals surface area contributed by atoms with E-state index in [9.17, 15) is 0 Å². The maximum Gasteiger partial charge on any atom is 0.106 e. The van der Waals surface area contributed by atoms with Crippen molar-refractivity contribution in [2.75, 3.05) is 46.2 Å². The first kappa shape index (κ1) is 21.8. The van der Waals surface area contributed by atoms with Crippen LogP contribution in [0.25, 0.3) is 0 Å². The Morgan fingerprint density at radius 2 is 1.82 bits per heavy atom. The number of aliphatic hydroxyl groups excluding tert-OH is 2. The van der Waals surface area contributed by atoms with Gasteiger partial charge in [-0.1, -0.05) is 26.2 Å². The molecule has 1 rings (SSSR count). The number of rotatable bonds is 11. The van der Waals surface area contributed by atoms with E-state index >= 15 is 0 Å². The van der Waals surface area contributed by atoms with Crippen LogP contribution in [0.2, 0.25) is 0 Å². The van der Waals surface area contributed by atoms with Crippen molar-refractivity contribution in [3.63, 3.8) is 0 Å². The highest BCUT2D eigenvalue weighted by molar-refractivity contribution is 4.71. The zero-order chi connectivity index (χ0) is 16.5. The zero-order valence-corrected chi connectivity index (χ0v) is 14.0. The van der Waals surface area contributed by atoms with E-state index in [0.29, 0.717) is 33.0 Å². The highest BCUT2D eigenvalue weighted by atomic mass is 16.5. The maximum absolute atomic E-state index is 9.08. The van der Waals surface area contributed by atoms with Crippen molar-refractivity contribution in [3.8, 4) is 0 Å². The van der Waals surface area contributed by atoms with Gasteiger partial charge in [0, 0.05) is 19.8 Å². The number of hydrogen-bond acceptors (Lipinski definition) is 6. The van der Waals surface area contributed by atoms with Crippen LogP contribution in [0.1, 0.15) is 45.4 Å². The molecular formula is C16H35NO5. The molecule has 6 heteroatoms. The molecule has 0 radical (unpaired) electrons. The Kier molecular flexibility index (Phi) is 16.9. The molecule has 1 fully saturated rings. The predicted octanol–water partition coefficient (Wildman–Crippen LogP) is 1.08. The summed E-state index contributed by atoms with van der Waals surface area (Å²) in [6.07, 6.45) is 5.91. The molecule has 134 valence electrons. The summed E-state index contributed by atoms with van der Waals surface area (Å²) < 4.78 is 15.6. The summed E-state index contributed by atoms with van der Waals surface area (Å²) >= 11 is 0. The molecule has 0 aliphatic carbocycles. The van der Waals surface area contributed by atoms with Crippen LogP contribution in [-0.4, -0.2) is 68.6 Å². The molecule has 6 nitrogen and oxygen atoms in total. The highest BCUT2D eigenvalue weighted by Crippen LogP contribution is 2.12. The van der Waals surface area contributed by atoms with Crippen LogP contribution in [-0.2, 0) is 14.2 Å². The van der Waals surface area contributed by atoms with Gasteiger partial charge in [-0.25, -0.2) is 0 Å². The second-order valence-electron chi connectivity index (χ2n) is 5.38. The molecule has 2 unspecified atom stereocenters. The minimum absolute atomic E-state index is 0.0683. The molecule has 2 atom stereocenters. The highest BCUT2D eigenvalue weighted by Gasteiger charge is 2.22. The monoisotopic (exact) mass is 321 g/mol. The fourth-order valence-corrected chi connectivity index (χ4v) is 2.03. The summed E-state index contributed by atoms with van der Waals surface area (Å²) in [5.74, 6) is 0. The van der Waals surface area contributed by atoms with Gasteiger partial charge in [0.15, 0.2) is 0 Å². The van der Waals surface area contributed by atoms with E-state index in [1.165, 1.54) is 25.7 Å². The van der Waals surface area contributed by atoms with Crippen molar-refractivity contribution in [2.45, 2.75) is 57.7 Å². The molecule has 0 spiro atoms. The van der Waals surface area contributed by atoms with Crippen molar-refractivity contribution >= 4 is 0 Å². The van der Waals surface area contributed by atoms with Crippen LogP contribution in [0.3, 0.4) is 0 Å². The lowest BCUT2D eigenvalue weighted by Gasteiger charge is -2.25. The molecule has 1 saturated heterocycles. The van der Waals surface area contributed by atoms with Crippen LogP contribution in [0.4, 0.5) is 0 Å². The number of unbranched alkanes of at least 4 members (excludes halogenated alkanes) is 3. The molecule has 0 bridgehead atoms. The van der Waals surface area contributed by atoms with Crippen LogP contribution < -0.4 is 5.73 Å². The fraction of sp³-hybridized carbons (Fsp3) is 1.00. The quantitative estimate of drug-likeness (QED) is 0.493. The lowest BCUT2D eigenvalue weighted by Crippen LogP contribution is -2.36. The zero-order valence-electron chi connectivity index (χ0n) is 14.0. The average Bonchev–Trinajstić information content (AvgIpc) is 2.54. The third-order valence-corrected chi connectivity index (χ3v) is 3.36. The fourth-order valence-electron chi connectivity index (χ4n) is 2.03. The second-order valence-corrected chi connectivity index (χ2v) is 5.38. The topological polar surface area (TPSA) is 94.2 Å². The van der Waals surface area contributed by atoms with E-state index in [2.05, 4.69) is 6.92 Å². The standard InChI is InChI=1S/C10H23NO2.C6H12O3/c1-2-3-4-5-7-12-9-10-13-8-6-11;7-4-6-5(8)2-1-3-9-6/h2-11H2,1H3;5-8H,1-4H2. The summed E-state index contributed by atoms with van der Waals surface area (Å²) in [5, 5.41) is 17.7. The van der Waals surface area contributed by atoms with E-state index in [4.69, 9.17) is 30.2 Å². The molecule has 1 aliphatic heterocycles. The Balaban J connectivity index is 0.000000425. The predicted molar refractivity (Wildman–Crippen MR) is 86.9 cm³/mol. The van der Waals surface area contributed by atoms with Crippen LogP contribution in [0.15, 0.2) is 0 Å². The second kappa shape index (κ2) is 17.1. The number of aliphatic hydroxyl groups is 2. The molecule has 0 saturated carbocycles. The van der Waals surface area contributed by atoms with Gasteiger partial charge in [0.25, 0.3) is 0 Å². The average molecular weight is 321 g/mol. The molecule has 1 heterocycles. The SMILES string of the molecule is CCCCCCOCCOCCN.OCC1OCCCC1O. The lowest BCUT2D eigenvalue weighted by atomic mass is 10.1. The van der Waals surface area contributed by atoms with Crippen molar-refractivity contribution in [1.29, 1.82) is 0 Å². The summed E-state index contributed by atoms with van der Waals surface area (Å²) in [7, 11) is 0. The Hall–Kier alpha value is -0.240. The van der Waals surface area contributed by atoms with E-state index in [1.54, 1.807) is 0 Å². The van der Waals surface area contributed by atoms with E-state index < -0.39 is 6.10 Å². The minimum Gasteiger partial charge on any atom is -0.394 e. The van der Waals surface area contributed by atoms with Gasteiger partial charge in [0.05, 0.1) is 32.5 Å². The van der Waals surface area contributed by atoms with Gasteiger partial charge < -0.3 is 30.2 Å². The molecule has 4 N–H and O–H groups in total. The first-order valence-electron chi connectivity index (χ1n) is 8.52. The maximum atomic E-state index is 9.08. The first-order chi connectivity index (χ1) is 10.8. The molecule has 22 heavy (non-hydrogen) atoms. The van der Waals surface area contributed by atoms with Crippen LogP contribution >= 0.6 is 0 Å². The van der Waals surface area contributed by atoms with Gasteiger partial charge in [-0.05, 0) is 19.3 Å². The van der Waals surface area contributed by atoms with Crippen LogP contribution in [0.5, 0.6) is 0 Å². The van der Waals surface area contributed by atoms with Gasteiger partial charge in [0.1, 0.15) is 6.10 Å². The minimum atomic E-state index is -0.455. The molecule has 0 aromatic carbocycles. The number of ether oxygens (including phenoxy) is 3. The van der Waals surface area contributed by atoms with Crippen molar-refractivity contribution in [1.82, 2.24) is 0 Å². The molecule has 1 aliphatic rings. The third-order valence-electron chi connectivity index (χ3n) is 3.36. The molecular weight excluding hydrogens is 286 g/mol.